The van der Waals surface area contributed by atoms with Gasteiger partial charge in [0.05, 0.1) is 11.5 Å². The highest BCUT2D eigenvalue weighted by molar-refractivity contribution is 7.91. The molecule has 1 fully saturated rings. The fourth-order valence-electron chi connectivity index (χ4n) is 1.83. The number of nitrogens with zero attached hydrogens (tertiary/aromatic N) is 2. The van der Waals surface area contributed by atoms with Gasteiger partial charge < -0.3 is 5.32 Å². The molecule has 0 spiro atoms. The van der Waals surface area contributed by atoms with Crippen molar-refractivity contribution >= 4 is 15.7 Å². The topological polar surface area (TPSA) is 81.1 Å². The zero-order valence-electron chi connectivity index (χ0n) is 9.59. The van der Waals surface area contributed by atoms with Crippen LogP contribution in [-0.2, 0) is 16.4 Å². The van der Waals surface area contributed by atoms with Crippen molar-refractivity contribution < 1.29 is 13.2 Å². The van der Waals surface area contributed by atoms with Crippen LogP contribution in [0.25, 0.3) is 0 Å². The Kier molecular flexibility index (Phi) is 3.19. The monoisotopic (exact) mass is 257 g/mol. The van der Waals surface area contributed by atoms with E-state index in [9.17, 15) is 13.2 Å². The van der Waals surface area contributed by atoms with Crippen molar-refractivity contribution in [3.8, 4) is 0 Å². The Morgan fingerprint density at radius 2 is 2.41 bits per heavy atom. The van der Waals surface area contributed by atoms with Gasteiger partial charge in [0.1, 0.15) is 5.69 Å². The normalized spacial score (nSPS) is 22.5. The Morgan fingerprint density at radius 3 is 2.94 bits per heavy atom. The number of carbonyl (C=O) groups excluding carboxylic acids is 1. The summed E-state index contributed by atoms with van der Waals surface area (Å²) in [4.78, 5) is 11.8. The summed E-state index contributed by atoms with van der Waals surface area (Å²) in [6.45, 7) is 2.63. The molecule has 2 heterocycles. The Balaban J connectivity index is 1.98. The Hall–Kier alpha value is -1.37. The number of nitrogens with one attached hydrogen (secondary N) is 1. The van der Waals surface area contributed by atoms with Crippen LogP contribution in [-0.4, -0.2) is 41.7 Å². The van der Waals surface area contributed by atoms with Gasteiger partial charge in [0.2, 0.25) is 0 Å². The smallest absolute Gasteiger partial charge is 0.272 e. The van der Waals surface area contributed by atoms with Crippen LogP contribution < -0.4 is 5.32 Å². The summed E-state index contributed by atoms with van der Waals surface area (Å²) >= 11 is 0. The van der Waals surface area contributed by atoms with Crippen molar-refractivity contribution in [2.24, 2.45) is 0 Å². The van der Waals surface area contributed by atoms with E-state index >= 15 is 0 Å². The van der Waals surface area contributed by atoms with Gasteiger partial charge in [0.15, 0.2) is 9.84 Å². The van der Waals surface area contributed by atoms with Crippen LogP contribution in [0.2, 0.25) is 0 Å². The van der Waals surface area contributed by atoms with E-state index in [1.165, 1.54) is 0 Å². The van der Waals surface area contributed by atoms with E-state index in [0.29, 0.717) is 18.7 Å². The van der Waals surface area contributed by atoms with Gasteiger partial charge in [-0.1, -0.05) is 0 Å². The molecule has 1 amide bonds. The maximum absolute atomic E-state index is 11.8. The van der Waals surface area contributed by atoms with Gasteiger partial charge in [0, 0.05) is 18.8 Å². The van der Waals surface area contributed by atoms with Crippen LogP contribution in [0.5, 0.6) is 0 Å². The van der Waals surface area contributed by atoms with E-state index in [-0.39, 0.29) is 23.5 Å². The fraction of sp³-hybridized carbons (Fsp3) is 0.600. The summed E-state index contributed by atoms with van der Waals surface area (Å²) in [6, 6.07) is 1.35. The number of hydrogen-bond donors (Lipinski definition) is 1. The molecule has 1 aliphatic rings. The lowest BCUT2D eigenvalue weighted by Gasteiger charge is -2.08. The molecule has 1 N–H and O–H groups in total. The van der Waals surface area contributed by atoms with Crippen LogP contribution in [0.3, 0.4) is 0 Å². The van der Waals surface area contributed by atoms with Gasteiger partial charge in [-0.3, -0.25) is 9.48 Å². The van der Waals surface area contributed by atoms with Gasteiger partial charge >= 0.3 is 0 Å². The predicted octanol–water partition coefficient (Wildman–Crippen LogP) is -0.180. The third kappa shape index (κ3) is 2.85. The van der Waals surface area contributed by atoms with Crippen molar-refractivity contribution in [3.05, 3.63) is 18.0 Å². The molecule has 1 aromatic rings. The molecule has 1 atom stereocenters. The average molecular weight is 257 g/mol. The van der Waals surface area contributed by atoms with Gasteiger partial charge in [-0.25, -0.2) is 8.42 Å². The molecule has 0 saturated carbocycles. The minimum absolute atomic E-state index is 0.0349. The zero-order chi connectivity index (χ0) is 12.5. The Morgan fingerprint density at radius 1 is 1.65 bits per heavy atom. The largest absolute Gasteiger partial charge is 0.347 e. The van der Waals surface area contributed by atoms with Crippen LogP contribution in [0, 0.1) is 0 Å². The number of hydrogen-bond acceptors (Lipinski definition) is 4. The summed E-state index contributed by atoms with van der Waals surface area (Å²) in [7, 11) is -2.96. The zero-order valence-corrected chi connectivity index (χ0v) is 10.4. The first kappa shape index (κ1) is 12.1. The first-order chi connectivity index (χ1) is 8.00. The van der Waals surface area contributed by atoms with E-state index in [0.717, 1.165) is 0 Å². The lowest BCUT2D eigenvalue weighted by molar-refractivity contribution is 0.0935. The summed E-state index contributed by atoms with van der Waals surface area (Å²) in [5.41, 5.74) is 0.330. The van der Waals surface area contributed by atoms with Gasteiger partial charge in [-0.2, -0.15) is 5.10 Å². The first-order valence-corrected chi connectivity index (χ1v) is 7.37. The first-order valence-electron chi connectivity index (χ1n) is 5.55. The number of aromatic nitrogens is 2. The van der Waals surface area contributed by atoms with E-state index in [1.807, 2.05) is 6.92 Å². The van der Waals surface area contributed by atoms with Crippen LogP contribution >= 0.6 is 0 Å². The lowest BCUT2D eigenvalue weighted by atomic mass is 10.2. The molecule has 2 rings (SSSR count). The fourth-order valence-corrected chi connectivity index (χ4v) is 3.50. The highest BCUT2D eigenvalue weighted by Crippen LogP contribution is 2.11. The van der Waals surface area contributed by atoms with Gasteiger partial charge in [-0.05, 0) is 19.4 Å². The molecule has 0 radical (unpaired) electrons. The highest BCUT2D eigenvalue weighted by Gasteiger charge is 2.29. The van der Waals surface area contributed by atoms with Crippen molar-refractivity contribution in [3.63, 3.8) is 0 Å². The van der Waals surface area contributed by atoms with Gasteiger partial charge in [-0.15, -0.1) is 0 Å². The van der Waals surface area contributed by atoms with Crippen molar-refractivity contribution in [1.82, 2.24) is 15.1 Å². The molecule has 0 aliphatic carbocycles. The molecule has 1 aliphatic heterocycles. The molecule has 0 bridgehead atoms. The number of aryl methyl sites for hydroxylation is 1. The molecule has 94 valence electrons. The van der Waals surface area contributed by atoms with E-state index in [4.69, 9.17) is 0 Å². The summed E-state index contributed by atoms with van der Waals surface area (Å²) < 4.78 is 24.1. The van der Waals surface area contributed by atoms with E-state index in [1.54, 1.807) is 16.9 Å². The molecule has 17 heavy (non-hydrogen) atoms. The molecule has 1 unspecified atom stereocenters. The molecule has 1 aromatic heterocycles. The van der Waals surface area contributed by atoms with Crippen LogP contribution in [0.1, 0.15) is 23.8 Å². The van der Waals surface area contributed by atoms with Crippen molar-refractivity contribution in [2.45, 2.75) is 25.9 Å². The summed E-state index contributed by atoms with van der Waals surface area (Å²) in [6.07, 6.45) is 2.21. The summed E-state index contributed by atoms with van der Waals surface area (Å²) in [5, 5.41) is 6.76. The molecule has 0 aromatic carbocycles. The second kappa shape index (κ2) is 4.48. The van der Waals surface area contributed by atoms with E-state index < -0.39 is 9.84 Å². The summed E-state index contributed by atoms with van der Waals surface area (Å²) in [5.74, 6) is -0.117. The second-order valence-corrected chi connectivity index (χ2v) is 6.36. The third-order valence-corrected chi connectivity index (χ3v) is 4.53. The maximum atomic E-state index is 11.8. The van der Waals surface area contributed by atoms with E-state index in [2.05, 4.69) is 10.4 Å². The van der Waals surface area contributed by atoms with Gasteiger partial charge in [0.25, 0.3) is 5.91 Å². The molecular weight excluding hydrogens is 242 g/mol. The number of amides is 1. The molecular formula is C10H15N3O3S. The predicted molar refractivity (Wildman–Crippen MR) is 62.4 cm³/mol. The lowest BCUT2D eigenvalue weighted by Crippen LogP contribution is -2.35. The van der Waals surface area contributed by atoms with Crippen LogP contribution in [0.15, 0.2) is 12.3 Å². The minimum Gasteiger partial charge on any atom is -0.347 e. The molecule has 6 nitrogen and oxygen atoms in total. The highest BCUT2D eigenvalue weighted by atomic mass is 32.2. The minimum atomic E-state index is -2.96. The maximum Gasteiger partial charge on any atom is 0.272 e. The number of rotatable bonds is 3. The Labute approximate surface area is 99.9 Å². The number of sulfone groups is 1. The van der Waals surface area contributed by atoms with Crippen LogP contribution in [0.4, 0.5) is 0 Å². The number of carbonyl (C=O) groups is 1. The average Bonchev–Trinajstić information content (AvgIpc) is 2.85. The van der Waals surface area contributed by atoms with Crippen molar-refractivity contribution in [2.75, 3.05) is 11.5 Å². The standard InChI is InChI=1S/C10H15N3O3S/c1-2-13-5-3-9(12-13)10(14)11-8-4-6-17(15,16)7-8/h3,5,8H,2,4,6-7H2,1H3,(H,11,14). The Bertz CT molecular complexity index is 521. The molecule has 7 heteroatoms. The van der Waals surface area contributed by atoms with Crippen molar-refractivity contribution in [1.29, 1.82) is 0 Å². The second-order valence-electron chi connectivity index (χ2n) is 4.13. The quantitative estimate of drug-likeness (QED) is 0.814. The SMILES string of the molecule is CCn1ccc(C(=O)NC2CCS(=O)(=O)C2)n1. The molecule has 1 saturated heterocycles. The third-order valence-electron chi connectivity index (χ3n) is 2.76.